The lowest BCUT2D eigenvalue weighted by Crippen LogP contribution is -2.41. The van der Waals surface area contributed by atoms with E-state index in [0.29, 0.717) is 13.2 Å². The zero-order valence-electron chi connectivity index (χ0n) is 10.6. The molecule has 2 N–H and O–H groups in total. The van der Waals surface area contributed by atoms with Crippen molar-refractivity contribution < 1.29 is 9.53 Å². The molecule has 1 aliphatic heterocycles. The molecule has 1 amide bonds. The number of anilines is 1. The van der Waals surface area contributed by atoms with E-state index in [1.807, 2.05) is 25.1 Å². The predicted molar refractivity (Wildman–Crippen MR) is 82.2 cm³/mol. The van der Waals surface area contributed by atoms with Crippen molar-refractivity contribution in [2.24, 2.45) is 5.92 Å². The van der Waals surface area contributed by atoms with Crippen LogP contribution >= 0.6 is 31.9 Å². The molecule has 0 radical (unpaired) electrons. The van der Waals surface area contributed by atoms with Gasteiger partial charge in [-0.2, -0.15) is 0 Å². The Morgan fingerprint density at radius 2 is 2.21 bits per heavy atom. The molecule has 1 aromatic rings. The second-order valence-electron chi connectivity index (χ2n) is 4.42. The Labute approximate surface area is 129 Å². The first-order valence-corrected chi connectivity index (χ1v) is 7.77. The van der Waals surface area contributed by atoms with Crippen molar-refractivity contribution in [3.05, 3.63) is 27.1 Å². The fraction of sp³-hybridized carbons (Fsp3) is 0.462. The van der Waals surface area contributed by atoms with E-state index in [4.69, 9.17) is 4.74 Å². The summed E-state index contributed by atoms with van der Waals surface area (Å²) < 4.78 is 7.18. The summed E-state index contributed by atoms with van der Waals surface area (Å²) in [5.74, 6) is -0.159. The number of carbonyl (C=O) groups excluding carboxylic acids is 1. The van der Waals surface area contributed by atoms with Gasteiger partial charge < -0.3 is 15.4 Å². The van der Waals surface area contributed by atoms with E-state index in [9.17, 15) is 4.79 Å². The van der Waals surface area contributed by atoms with Gasteiger partial charge in [0.05, 0.1) is 24.8 Å². The second-order valence-corrected chi connectivity index (χ2v) is 6.19. The molecule has 0 aromatic heterocycles. The molecule has 2 atom stereocenters. The first-order valence-electron chi connectivity index (χ1n) is 6.19. The van der Waals surface area contributed by atoms with Crippen molar-refractivity contribution in [1.82, 2.24) is 5.32 Å². The lowest BCUT2D eigenvalue weighted by molar-refractivity contribution is -0.120. The Kier molecular flexibility index (Phi) is 5.38. The smallest absolute Gasteiger partial charge is 0.231 e. The molecule has 0 aliphatic carbocycles. The van der Waals surface area contributed by atoms with Crippen LogP contribution in [-0.4, -0.2) is 31.7 Å². The number of likely N-dealkylation sites (N-methyl/N-ethyl adjacent to an activating group) is 1. The molecule has 2 unspecified atom stereocenters. The zero-order valence-corrected chi connectivity index (χ0v) is 13.8. The number of nitrogens with one attached hydrogen (secondary N) is 2. The number of ether oxygens (including phenoxy) is 1. The molecule has 4 nitrogen and oxygen atoms in total. The molecular formula is C13H16Br2N2O2. The monoisotopic (exact) mass is 390 g/mol. The number of benzene rings is 1. The summed E-state index contributed by atoms with van der Waals surface area (Å²) in [4.78, 5) is 12.3. The molecule has 1 saturated heterocycles. The normalized spacial score (nSPS) is 22.5. The molecule has 1 fully saturated rings. The molecule has 0 spiro atoms. The van der Waals surface area contributed by atoms with Crippen LogP contribution in [0, 0.1) is 5.92 Å². The molecule has 104 valence electrons. The van der Waals surface area contributed by atoms with E-state index in [0.717, 1.165) is 21.2 Å². The lowest BCUT2D eigenvalue weighted by atomic mass is 10.0. The van der Waals surface area contributed by atoms with E-state index in [2.05, 4.69) is 42.5 Å². The molecule has 0 bridgehead atoms. The minimum Gasteiger partial charge on any atom is -0.379 e. The quantitative estimate of drug-likeness (QED) is 0.829. The topological polar surface area (TPSA) is 50.4 Å². The summed E-state index contributed by atoms with van der Waals surface area (Å²) in [6.07, 6.45) is 0. The van der Waals surface area contributed by atoms with Gasteiger partial charge in [-0.25, -0.2) is 0 Å². The van der Waals surface area contributed by atoms with Crippen molar-refractivity contribution in [2.75, 3.05) is 25.1 Å². The van der Waals surface area contributed by atoms with E-state index < -0.39 is 0 Å². The molecule has 1 aromatic carbocycles. The predicted octanol–water partition coefficient (Wildman–Crippen LogP) is 2.77. The third-order valence-electron chi connectivity index (χ3n) is 3.07. The van der Waals surface area contributed by atoms with Gasteiger partial charge in [0.2, 0.25) is 5.91 Å². The molecule has 1 aliphatic rings. The Bertz CT molecular complexity index is 468. The van der Waals surface area contributed by atoms with Crippen molar-refractivity contribution in [2.45, 2.75) is 13.0 Å². The maximum Gasteiger partial charge on any atom is 0.231 e. The highest BCUT2D eigenvalue weighted by Crippen LogP contribution is 2.27. The van der Waals surface area contributed by atoms with Crippen LogP contribution in [0.1, 0.15) is 6.92 Å². The van der Waals surface area contributed by atoms with Gasteiger partial charge in [-0.15, -0.1) is 0 Å². The molecule has 19 heavy (non-hydrogen) atoms. The Balaban J connectivity index is 2.06. The van der Waals surface area contributed by atoms with Crippen LogP contribution in [0.5, 0.6) is 0 Å². The number of carbonyl (C=O) groups is 1. The standard InChI is InChI=1S/C13H16Br2N2O2/c1-2-16-12-7-19-6-9(12)13(18)17-11-5-8(14)3-4-10(11)15/h3-5,9,12,16H,2,6-7H2,1H3,(H,17,18). The highest BCUT2D eigenvalue weighted by molar-refractivity contribution is 9.11. The minimum absolute atomic E-state index is 0.0118. The van der Waals surface area contributed by atoms with Gasteiger partial charge in [-0.3, -0.25) is 4.79 Å². The molecule has 6 heteroatoms. The fourth-order valence-electron chi connectivity index (χ4n) is 2.09. The van der Waals surface area contributed by atoms with E-state index in [1.165, 1.54) is 0 Å². The Hall–Kier alpha value is -0.430. The molecule has 0 saturated carbocycles. The first kappa shape index (κ1) is 15.0. The van der Waals surface area contributed by atoms with Gasteiger partial charge in [0.1, 0.15) is 0 Å². The van der Waals surface area contributed by atoms with Crippen LogP contribution in [0.3, 0.4) is 0 Å². The number of rotatable bonds is 4. The van der Waals surface area contributed by atoms with Crippen LogP contribution in [-0.2, 0) is 9.53 Å². The van der Waals surface area contributed by atoms with Gasteiger partial charge in [-0.05, 0) is 40.7 Å². The van der Waals surface area contributed by atoms with Crippen molar-refractivity contribution >= 4 is 43.5 Å². The highest BCUT2D eigenvalue weighted by Gasteiger charge is 2.33. The molecule has 2 rings (SSSR count). The van der Waals surface area contributed by atoms with Crippen LogP contribution < -0.4 is 10.6 Å². The highest BCUT2D eigenvalue weighted by atomic mass is 79.9. The Morgan fingerprint density at radius 1 is 1.42 bits per heavy atom. The van der Waals surface area contributed by atoms with E-state index in [-0.39, 0.29) is 17.9 Å². The van der Waals surface area contributed by atoms with Crippen molar-refractivity contribution in [3.63, 3.8) is 0 Å². The van der Waals surface area contributed by atoms with Crippen LogP contribution in [0.25, 0.3) is 0 Å². The van der Waals surface area contributed by atoms with Gasteiger partial charge >= 0.3 is 0 Å². The molecular weight excluding hydrogens is 376 g/mol. The van der Waals surface area contributed by atoms with E-state index in [1.54, 1.807) is 0 Å². The lowest BCUT2D eigenvalue weighted by Gasteiger charge is -2.18. The van der Waals surface area contributed by atoms with Crippen LogP contribution in [0.2, 0.25) is 0 Å². The first-order chi connectivity index (χ1) is 9.11. The van der Waals surface area contributed by atoms with Crippen molar-refractivity contribution in [3.8, 4) is 0 Å². The summed E-state index contributed by atoms with van der Waals surface area (Å²) >= 11 is 6.83. The van der Waals surface area contributed by atoms with Gasteiger partial charge in [0.25, 0.3) is 0 Å². The second kappa shape index (κ2) is 6.83. The van der Waals surface area contributed by atoms with Gasteiger partial charge in [0, 0.05) is 15.0 Å². The summed E-state index contributed by atoms with van der Waals surface area (Å²) in [5, 5.41) is 6.23. The number of amides is 1. The van der Waals surface area contributed by atoms with E-state index >= 15 is 0 Å². The average Bonchev–Trinajstić information content (AvgIpc) is 2.82. The minimum atomic E-state index is -0.147. The van der Waals surface area contributed by atoms with Gasteiger partial charge in [-0.1, -0.05) is 22.9 Å². The Morgan fingerprint density at radius 3 is 2.95 bits per heavy atom. The molecule has 1 heterocycles. The number of hydrogen-bond donors (Lipinski definition) is 2. The summed E-state index contributed by atoms with van der Waals surface area (Å²) in [7, 11) is 0. The van der Waals surface area contributed by atoms with Crippen molar-refractivity contribution in [1.29, 1.82) is 0 Å². The van der Waals surface area contributed by atoms with Gasteiger partial charge in [0.15, 0.2) is 0 Å². The largest absolute Gasteiger partial charge is 0.379 e. The number of halogens is 2. The third kappa shape index (κ3) is 3.78. The maximum absolute atomic E-state index is 12.3. The average molecular weight is 392 g/mol. The number of hydrogen-bond acceptors (Lipinski definition) is 3. The summed E-state index contributed by atoms with van der Waals surface area (Å²) in [5.41, 5.74) is 0.765. The third-order valence-corrected chi connectivity index (χ3v) is 4.25. The SMILES string of the molecule is CCNC1COCC1C(=O)Nc1cc(Br)ccc1Br. The summed E-state index contributed by atoms with van der Waals surface area (Å²) in [6.45, 7) is 3.91. The van der Waals surface area contributed by atoms with Crippen LogP contribution in [0.15, 0.2) is 27.1 Å². The fourth-order valence-corrected chi connectivity index (χ4v) is 2.80. The van der Waals surface area contributed by atoms with Crippen LogP contribution in [0.4, 0.5) is 5.69 Å². The zero-order chi connectivity index (χ0) is 13.8. The maximum atomic E-state index is 12.3. The summed E-state index contributed by atoms with van der Waals surface area (Å²) in [6, 6.07) is 5.78.